The highest BCUT2D eigenvalue weighted by Crippen LogP contribution is 2.37. The molecule has 0 atom stereocenters. The number of aromatic nitrogens is 4. The van der Waals surface area contributed by atoms with Gasteiger partial charge in [-0.25, -0.2) is 4.68 Å². The summed E-state index contributed by atoms with van der Waals surface area (Å²) in [4.78, 5) is 0. The first-order valence-electron chi connectivity index (χ1n) is 8.16. The van der Waals surface area contributed by atoms with E-state index in [0.29, 0.717) is 44.1 Å². The van der Waals surface area contributed by atoms with Gasteiger partial charge >= 0.3 is 6.18 Å². The summed E-state index contributed by atoms with van der Waals surface area (Å²) in [6.45, 7) is 4.94. The minimum absolute atomic E-state index is 0.274. The topological polar surface area (TPSA) is 48.3 Å². The summed E-state index contributed by atoms with van der Waals surface area (Å²) < 4.78 is 47.7. The number of nitrogens with zero attached hydrogens (tertiary/aromatic N) is 4. The molecule has 3 aromatic heterocycles. The summed E-state index contributed by atoms with van der Waals surface area (Å²) in [5.41, 5.74) is 1.64. The SMILES string of the molecule is Cc1nn2c(-c3ccc(Cl)cc3Cl)c(C)oc2c1-n1nc(C(F)(F)F)cc1C. The Morgan fingerprint density at radius 3 is 2.36 bits per heavy atom. The lowest BCUT2D eigenvalue weighted by Crippen LogP contribution is -2.07. The highest BCUT2D eigenvalue weighted by molar-refractivity contribution is 6.36. The maximum atomic E-state index is 13.1. The number of alkyl halides is 3. The van der Waals surface area contributed by atoms with Crippen molar-refractivity contribution in [2.45, 2.75) is 26.9 Å². The average Bonchev–Trinajstić information content (AvgIpc) is 3.19. The van der Waals surface area contributed by atoms with Crippen molar-refractivity contribution in [2.24, 2.45) is 0 Å². The fourth-order valence-electron chi connectivity index (χ4n) is 3.15. The maximum absolute atomic E-state index is 13.1. The Labute approximate surface area is 167 Å². The third-order valence-electron chi connectivity index (χ3n) is 4.36. The zero-order chi connectivity index (χ0) is 20.4. The van der Waals surface area contributed by atoms with E-state index in [1.807, 2.05) is 0 Å². The molecule has 0 aliphatic heterocycles. The van der Waals surface area contributed by atoms with E-state index in [9.17, 15) is 13.2 Å². The first-order chi connectivity index (χ1) is 13.1. The number of hydrogen-bond donors (Lipinski definition) is 0. The number of fused-ring (bicyclic) bond motifs is 1. The summed E-state index contributed by atoms with van der Waals surface area (Å²) in [7, 11) is 0. The highest BCUT2D eigenvalue weighted by atomic mass is 35.5. The van der Waals surface area contributed by atoms with E-state index >= 15 is 0 Å². The molecule has 28 heavy (non-hydrogen) atoms. The van der Waals surface area contributed by atoms with Gasteiger partial charge in [-0.15, -0.1) is 0 Å². The van der Waals surface area contributed by atoms with Gasteiger partial charge in [-0.05, 0) is 45.0 Å². The largest absolute Gasteiger partial charge is 0.439 e. The van der Waals surface area contributed by atoms with Crippen LogP contribution in [0.1, 0.15) is 22.8 Å². The van der Waals surface area contributed by atoms with Gasteiger partial charge in [0.25, 0.3) is 0 Å². The van der Waals surface area contributed by atoms with E-state index in [1.54, 1.807) is 32.0 Å². The normalized spacial score (nSPS) is 12.3. The van der Waals surface area contributed by atoms with E-state index in [0.717, 1.165) is 6.07 Å². The van der Waals surface area contributed by atoms with E-state index in [1.165, 1.54) is 16.1 Å². The Balaban J connectivity index is 1.97. The van der Waals surface area contributed by atoms with Crippen molar-refractivity contribution in [3.05, 3.63) is 57.2 Å². The van der Waals surface area contributed by atoms with Crippen LogP contribution in [0.4, 0.5) is 13.2 Å². The van der Waals surface area contributed by atoms with Gasteiger partial charge in [0.1, 0.15) is 11.5 Å². The molecule has 0 radical (unpaired) electrons. The molecule has 10 heteroatoms. The Bertz CT molecular complexity index is 1220. The second kappa shape index (κ2) is 6.28. The fraction of sp³-hybridized carbons (Fsp3) is 0.222. The first-order valence-corrected chi connectivity index (χ1v) is 8.92. The summed E-state index contributed by atoms with van der Waals surface area (Å²) in [6, 6.07) is 6.00. The Morgan fingerprint density at radius 2 is 1.75 bits per heavy atom. The molecule has 0 saturated carbocycles. The van der Waals surface area contributed by atoms with Crippen LogP contribution in [0.3, 0.4) is 0 Å². The van der Waals surface area contributed by atoms with Crippen molar-refractivity contribution in [1.82, 2.24) is 19.4 Å². The Kier molecular flexibility index (Phi) is 4.24. The number of benzene rings is 1. The predicted octanol–water partition coefficient (Wildman–Crippen LogP) is 6.03. The van der Waals surface area contributed by atoms with Crippen LogP contribution in [0.25, 0.3) is 22.7 Å². The molecular weight excluding hydrogens is 416 g/mol. The van der Waals surface area contributed by atoms with Crippen LogP contribution >= 0.6 is 23.2 Å². The summed E-state index contributed by atoms with van der Waals surface area (Å²) in [5.74, 6) is 0.508. The summed E-state index contributed by atoms with van der Waals surface area (Å²) in [6.07, 6.45) is -4.54. The zero-order valence-electron chi connectivity index (χ0n) is 14.9. The molecule has 0 bridgehead atoms. The second-order valence-electron chi connectivity index (χ2n) is 6.36. The molecule has 3 heterocycles. The quantitative estimate of drug-likeness (QED) is 0.391. The van der Waals surface area contributed by atoms with Crippen LogP contribution in [0, 0.1) is 20.8 Å². The lowest BCUT2D eigenvalue weighted by atomic mass is 10.1. The highest BCUT2D eigenvalue weighted by Gasteiger charge is 2.35. The number of halogens is 5. The Morgan fingerprint density at radius 1 is 1.04 bits per heavy atom. The van der Waals surface area contributed by atoms with Crippen molar-refractivity contribution in [3.63, 3.8) is 0 Å². The van der Waals surface area contributed by atoms with Gasteiger partial charge in [0, 0.05) is 16.3 Å². The third-order valence-corrected chi connectivity index (χ3v) is 4.91. The molecule has 0 aliphatic carbocycles. The van der Waals surface area contributed by atoms with Gasteiger partial charge in [0.05, 0.1) is 10.7 Å². The molecule has 0 aliphatic rings. The van der Waals surface area contributed by atoms with E-state index in [-0.39, 0.29) is 5.71 Å². The molecule has 0 N–H and O–H groups in total. The van der Waals surface area contributed by atoms with Gasteiger partial charge in [-0.1, -0.05) is 23.2 Å². The molecule has 0 saturated heterocycles. The number of aryl methyl sites for hydroxylation is 3. The van der Waals surface area contributed by atoms with Gasteiger partial charge in [-0.2, -0.15) is 27.9 Å². The summed E-state index contributed by atoms with van der Waals surface area (Å²) in [5, 5.41) is 9.05. The molecule has 4 aromatic rings. The molecule has 0 unspecified atom stereocenters. The number of oxazole rings is 1. The molecule has 146 valence electrons. The molecule has 1 aromatic carbocycles. The molecule has 4 rings (SSSR count). The first kappa shape index (κ1) is 18.9. The standard InChI is InChI=1S/C18H13Cl2F3N4O/c1-8-6-14(18(21,22)23)25-26(8)15-9(2)24-27-16(10(3)28-17(15)27)12-5-4-11(19)7-13(12)20/h4-7H,1-3H3. The van der Waals surface area contributed by atoms with Crippen LogP contribution in [0.5, 0.6) is 0 Å². The maximum Gasteiger partial charge on any atom is 0.435 e. The van der Waals surface area contributed by atoms with Gasteiger partial charge < -0.3 is 4.42 Å². The smallest absolute Gasteiger partial charge is 0.435 e. The monoisotopic (exact) mass is 428 g/mol. The van der Waals surface area contributed by atoms with Crippen LogP contribution in [0.2, 0.25) is 10.0 Å². The van der Waals surface area contributed by atoms with Gasteiger partial charge in [0.15, 0.2) is 11.4 Å². The van der Waals surface area contributed by atoms with Crippen molar-refractivity contribution >= 4 is 28.9 Å². The molecule has 0 spiro atoms. The van der Waals surface area contributed by atoms with Crippen LogP contribution in [-0.2, 0) is 6.18 Å². The second-order valence-corrected chi connectivity index (χ2v) is 7.21. The van der Waals surface area contributed by atoms with Crippen LogP contribution in [0.15, 0.2) is 28.7 Å². The lowest BCUT2D eigenvalue weighted by molar-refractivity contribution is -0.141. The Hall–Kier alpha value is -2.45. The third kappa shape index (κ3) is 2.87. The van der Waals surface area contributed by atoms with Crippen molar-refractivity contribution in [3.8, 4) is 16.9 Å². The van der Waals surface area contributed by atoms with E-state index in [4.69, 9.17) is 27.6 Å². The van der Waals surface area contributed by atoms with Crippen LogP contribution < -0.4 is 0 Å². The van der Waals surface area contributed by atoms with Gasteiger partial charge in [0.2, 0.25) is 5.71 Å². The summed E-state index contributed by atoms with van der Waals surface area (Å²) >= 11 is 12.3. The van der Waals surface area contributed by atoms with Crippen molar-refractivity contribution in [2.75, 3.05) is 0 Å². The zero-order valence-corrected chi connectivity index (χ0v) is 16.4. The van der Waals surface area contributed by atoms with Crippen molar-refractivity contribution < 1.29 is 17.6 Å². The molecule has 5 nitrogen and oxygen atoms in total. The average molecular weight is 429 g/mol. The number of rotatable bonds is 2. The van der Waals surface area contributed by atoms with Crippen molar-refractivity contribution in [1.29, 1.82) is 0 Å². The predicted molar refractivity (Wildman–Crippen MR) is 99.2 cm³/mol. The van der Waals surface area contributed by atoms with Gasteiger partial charge in [-0.3, -0.25) is 0 Å². The minimum atomic E-state index is -4.54. The lowest BCUT2D eigenvalue weighted by Gasteiger charge is -2.03. The van der Waals surface area contributed by atoms with E-state index in [2.05, 4.69) is 10.2 Å². The molecule has 0 fully saturated rings. The van der Waals surface area contributed by atoms with E-state index < -0.39 is 11.9 Å². The number of hydrogen-bond acceptors (Lipinski definition) is 3. The minimum Gasteiger partial charge on any atom is -0.439 e. The van der Waals surface area contributed by atoms with Crippen LogP contribution in [-0.4, -0.2) is 19.4 Å². The molecule has 0 amide bonds. The fourth-order valence-corrected chi connectivity index (χ4v) is 3.65. The molecular formula is C18H13Cl2F3N4O.